The Hall–Kier alpha value is -2.37. The Kier molecular flexibility index (Phi) is 5.94. The van der Waals surface area contributed by atoms with Crippen molar-refractivity contribution in [3.05, 3.63) is 29.8 Å². The van der Waals surface area contributed by atoms with Crippen LogP contribution in [0.1, 0.15) is 44.6 Å². The molecule has 6 heteroatoms. The molecule has 1 fully saturated rings. The third-order valence-corrected chi connectivity index (χ3v) is 3.55. The highest BCUT2D eigenvalue weighted by molar-refractivity contribution is 5.89. The number of rotatable bonds is 4. The lowest BCUT2D eigenvalue weighted by atomic mass is 9.96. The van der Waals surface area contributed by atoms with Gasteiger partial charge in [-0.25, -0.2) is 10.2 Å². The molecule has 1 aliphatic carbocycles. The zero-order valence-electron chi connectivity index (χ0n) is 12.8. The molecule has 0 bridgehead atoms. The maximum absolute atomic E-state index is 11.7. The van der Waals surface area contributed by atoms with Crippen LogP contribution in [0, 0.1) is 0 Å². The van der Waals surface area contributed by atoms with Crippen molar-refractivity contribution in [3.8, 4) is 0 Å². The van der Waals surface area contributed by atoms with Crippen molar-refractivity contribution < 1.29 is 9.59 Å². The molecule has 0 aliphatic heterocycles. The van der Waals surface area contributed by atoms with Gasteiger partial charge < -0.3 is 10.6 Å². The van der Waals surface area contributed by atoms with Crippen LogP contribution in [-0.2, 0) is 4.79 Å². The lowest BCUT2D eigenvalue weighted by Crippen LogP contribution is -2.41. The average molecular weight is 302 g/mol. The fourth-order valence-electron chi connectivity index (χ4n) is 2.49. The van der Waals surface area contributed by atoms with Gasteiger partial charge >= 0.3 is 6.03 Å². The summed E-state index contributed by atoms with van der Waals surface area (Å²) in [7, 11) is 0. The molecule has 118 valence electrons. The molecule has 0 atom stereocenters. The number of nitrogens with zero attached hydrogens (tertiary/aromatic N) is 1. The molecule has 22 heavy (non-hydrogen) atoms. The topological polar surface area (TPSA) is 82.6 Å². The molecule has 2 rings (SSSR count). The maximum Gasteiger partial charge on any atom is 0.335 e. The van der Waals surface area contributed by atoms with Crippen LogP contribution in [0.2, 0.25) is 0 Å². The number of urea groups is 1. The number of benzene rings is 1. The second kappa shape index (κ2) is 8.17. The SMILES string of the molecule is CC(=O)Nc1ccc(/C=N\NC(=O)NC2CCCCC2)cc1. The second-order valence-corrected chi connectivity index (χ2v) is 5.48. The van der Waals surface area contributed by atoms with Gasteiger partial charge in [-0.15, -0.1) is 0 Å². The fraction of sp³-hybridized carbons (Fsp3) is 0.438. The van der Waals surface area contributed by atoms with Gasteiger partial charge in [0.15, 0.2) is 0 Å². The van der Waals surface area contributed by atoms with Crippen LogP contribution in [0.15, 0.2) is 29.4 Å². The van der Waals surface area contributed by atoms with E-state index in [0.717, 1.165) is 24.1 Å². The van der Waals surface area contributed by atoms with E-state index in [4.69, 9.17) is 0 Å². The number of amides is 3. The summed E-state index contributed by atoms with van der Waals surface area (Å²) in [5.41, 5.74) is 4.04. The molecule has 0 radical (unpaired) electrons. The molecule has 0 unspecified atom stereocenters. The third-order valence-electron chi connectivity index (χ3n) is 3.55. The first-order valence-electron chi connectivity index (χ1n) is 7.61. The van der Waals surface area contributed by atoms with Crippen LogP contribution in [0.5, 0.6) is 0 Å². The Morgan fingerprint density at radius 1 is 1.14 bits per heavy atom. The Balaban J connectivity index is 1.76. The van der Waals surface area contributed by atoms with E-state index in [1.54, 1.807) is 18.3 Å². The van der Waals surface area contributed by atoms with Gasteiger partial charge in [-0.3, -0.25) is 4.79 Å². The van der Waals surface area contributed by atoms with Gasteiger partial charge in [0.1, 0.15) is 0 Å². The van der Waals surface area contributed by atoms with E-state index in [9.17, 15) is 9.59 Å². The van der Waals surface area contributed by atoms with E-state index in [2.05, 4.69) is 21.2 Å². The monoisotopic (exact) mass is 302 g/mol. The zero-order chi connectivity index (χ0) is 15.8. The second-order valence-electron chi connectivity index (χ2n) is 5.48. The van der Waals surface area contributed by atoms with E-state index >= 15 is 0 Å². The number of carbonyl (C=O) groups excluding carboxylic acids is 2. The first kappa shape index (κ1) is 16.0. The Morgan fingerprint density at radius 2 is 1.82 bits per heavy atom. The maximum atomic E-state index is 11.7. The summed E-state index contributed by atoms with van der Waals surface area (Å²) in [5, 5.41) is 9.54. The largest absolute Gasteiger partial charge is 0.335 e. The Labute approximate surface area is 130 Å². The lowest BCUT2D eigenvalue weighted by molar-refractivity contribution is -0.114. The van der Waals surface area contributed by atoms with Gasteiger partial charge in [0.25, 0.3) is 0 Å². The summed E-state index contributed by atoms with van der Waals surface area (Å²) in [5.74, 6) is -0.109. The first-order valence-corrected chi connectivity index (χ1v) is 7.61. The minimum Gasteiger partial charge on any atom is -0.334 e. The minimum absolute atomic E-state index is 0.109. The molecular formula is C16H22N4O2. The van der Waals surface area contributed by atoms with Crippen LogP contribution < -0.4 is 16.1 Å². The van der Waals surface area contributed by atoms with Crippen LogP contribution in [-0.4, -0.2) is 24.2 Å². The number of anilines is 1. The molecule has 0 heterocycles. The highest BCUT2D eigenvalue weighted by Crippen LogP contribution is 2.17. The summed E-state index contributed by atoms with van der Waals surface area (Å²) < 4.78 is 0. The van der Waals surface area contributed by atoms with Gasteiger partial charge in [0, 0.05) is 18.7 Å². The molecule has 6 nitrogen and oxygen atoms in total. The van der Waals surface area contributed by atoms with Crippen LogP contribution in [0.3, 0.4) is 0 Å². The predicted molar refractivity (Wildman–Crippen MR) is 86.9 cm³/mol. The average Bonchev–Trinajstić information content (AvgIpc) is 2.49. The Bertz CT molecular complexity index is 534. The van der Waals surface area contributed by atoms with Crippen molar-refractivity contribution in [3.63, 3.8) is 0 Å². The zero-order valence-corrected chi connectivity index (χ0v) is 12.8. The normalized spacial score (nSPS) is 15.5. The van der Waals surface area contributed by atoms with Crippen molar-refractivity contribution in [2.45, 2.75) is 45.1 Å². The van der Waals surface area contributed by atoms with E-state index in [1.807, 2.05) is 12.1 Å². The summed E-state index contributed by atoms with van der Waals surface area (Å²) in [6, 6.07) is 7.19. The van der Waals surface area contributed by atoms with Gasteiger partial charge in [-0.05, 0) is 30.5 Å². The molecule has 0 aromatic heterocycles. The fourth-order valence-corrected chi connectivity index (χ4v) is 2.49. The van der Waals surface area contributed by atoms with Crippen LogP contribution in [0.4, 0.5) is 10.5 Å². The predicted octanol–water partition coefficient (Wildman–Crippen LogP) is 2.61. The lowest BCUT2D eigenvalue weighted by Gasteiger charge is -2.22. The number of hydrazone groups is 1. The molecule has 0 saturated heterocycles. The highest BCUT2D eigenvalue weighted by atomic mass is 16.2. The smallest absolute Gasteiger partial charge is 0.334 e. The number of hydrogen-bond acceptors (Lipinski definition) is 3. The van der Waals surface area contributed by atoms with E-state index < -0.39 is 0 Å². The Morgan fingerprint density at radius 3 is 2.45 bits per heavy atom. The highest BCUT2D eigenvalue weighted by Gasteiger charge is 2.14. The minimum atomic E-state index is -0.266. The molecule has 0 spiro atoms. The number of nitrogens with one attached hydrogen (secondary N) is 3. The van der Waals surface area contributed by atoms with E-state index in [-0.39, 0.29) is 18.0 Å². The molecule has 1 aromatic rings. The van der Waals surface area contributed by atoms with Crippen LogP contribution in [0.25, 0.3) is 0 Å². The van der Waals surface area contributed by atoms with Crippen molar-refractivity contribution in [1.29, 1.82) is 0 Å². The molecule has 1 saturated carbocycles. The van der Waals surface area contributed by atoms with Crippen molar-refractivity contribution in [1.82, 2.24) is 10.7 Å². The first-order chi connectivity index (χ1) is 10.6. The quantitative estimate of drug-likeness (QED) is 0.590. The molecule has 3 amide bonds. The summed E-state index contributed by atoms with van der Waals surface area (Å²) in [6.07, 6.45) is 7.26. The summed E-state index contributed by atoms with van der Waals surface area (Å²) >= 11 is 0. The molecule has 3 N–H and O–H groups in total. The summed E-state index contributed by atoms with van der Waals surface area (Å²) in [4.78, 5) is 22.6. The number of carbonyl (C=O) groups is 2. The molecular weight excluding hydrogens is 280 g/mol. The standard InChI is InChI=1S/C16H22N4O2/c1-12(21)18-15-9-7-13(8-10-15)11-17-20-16(22)19-14-5-3-2-4-6-14/h7-11,14H,2-6H2,1H3,(H,18,21)(H2,19,20,22)/b17-11-. The van der Waals surface area contributed by atoms with Crippen molar-refractivity contribution in [2.24, 2.45) is 5.10 Å². The van der Waals surface area contributed by atoms with Crippen molar-refractivity contribution in [2.75, 3.05) is 5.32 Å². The van der Waals surface area contributed by atoms with Crippen LogP contribution >= 0.6 is 0 Å². The van der Waals surface area contributed by atoms with Gasteiger partial charge in [-0.2, -0.15) is 5.10 Å². The van der Waals surface area contributed by atoms with Gasteiger partial charge in [-0.1, -0.05) is 31.4 Å². The molecule has 1 aromatic carbocycles. The summed E-state index contributed by atoms with van der Waals surface area (Å²) in [6.45, 7) is 1.46. The van der Waals surface area contributed by atoms with E-state index in [0.29, 0.717) is 0 Å². The van der Waals surface area contributed by atoms with Gasteiger partial charge in [0.05, 0.1) is 6.21 Å². The number of hydrogen-bond donors (Lipinski definition) is 3. The molecule has 1 aliphatic rings. The van der Waals surface area contributed by atoms with E-state index in [1.165, 1.54) is 26.2 Å². The van der Waals surface area contributed by atoms with Crippen molar-refractivity contribution >= 4 is 23.8 Å². The van der Waals surface area contributed by atoms with Gasteiger partial charge in [0.2, 0.25) is 5.91 Å². The third kappa shape index (κ3) is 5.55.